The molecule has 0 amide bonds. The maximum absolute atomic E-state index is 13.5. The van der Waals surface area contributed by atoms with Crippen molar-refractivity contribution in [2.75, 3.05) is 20.7 Å². The summed E-state index contributed by atoms with van der Waals surface area (Å²) in [6.07, 6.45) is -3.94. The van der Waals surface area contributed by atoms with Crippen molar-refractivity contribution in [1.29, 1.82) is 0 Å². The molecule has 5 aliphatic rings. The van der Waals surface area contributed by atoms with Crippen LogP contribution >= 0.6 is 0 Å². The summed E-state index contributed by atoms with van der Waals surface area (Å²) in [6.45, 7) is 10.5. The molecular formula is C43H51NO13. The molecule has 57 heavy (non-hydrogen) atoms. The van der Waals surface area contributed by atoms with Crippen molar-refractivity contribution >= 4 is 29.8 Å². The average molecular weight is 790 g/mol. The van der Waals surface area contributed by atoms with Crippen LogP contribution in [0.3, 0.4) is 0 Å². The Morgan fingerprint density at radius 2 is 1.44 bits per heavy atom. The fraction of sp³-hybridized carbons (Fsp3) is 0.558. The molecule has 14 heteroatoms. The molecule has 0 N–H and O–H groups in total. The number of likely N-dealkylation sites (tertiary alicyclic amines) is 1. The highest BCUT2D eigenvalue weighted by Gasteiger charge is 2.66. The Balaban J connectivity index is 1.30. The van der Waals surface area contributed by atoms with Gasteiger partial charge in [-0.3, -0.25) is 14.4 Å². The highest BCUT2D eigenvalue weighted by Crippen LogP contribution is 2.63. The van der Waals surface area contributed by atoms with E-state index in [-0.39, 0.29) is 17.7 Å². The van der Waals surface area contributed by atoms with Crippen LogP contribution in [-0.4, -0.2) is 104 Å². The molecule has 2 bridgehead atoms. The van der Waals surface area contributed by atoms with Crippen LogP contribution in [-0.2, 0) is 59.4 Å². The largest absolute Gasteiger partial charge is 0.482 e. The molecule has 0 aromatic heterocycles. The van der Waals surface area contributed by atoms with Crippen molar-refractivity contribution < 1.29 is 61.9 Å². The van der Waals surface area contributed by atoms with E-state index in [1.54, 1.807) is 71.9 Å². The molecule has 0 unspecified atom stereocenters. The molecule has 3 aliphatic heterocycles. The van der Waals surface area contributed by atoms with Crippen molar-refractivity contribution in [3.63, 3.8) is 0 Å². The van der Waals surface area contributed by atoms with E-state index in [1.807, 2.05) is 18.2 Å². The van der Waals surface area contributed by atoms with E-state index in [9.17, 15) is 24.0 Å². The number of carbonyl (C=O) groups excluding carboxylic acids is 5. The Labute approximate surface area is 332 Å². The van der Waals surface area contributed by atoms with E-state index in [0.717, 1.165) is 31.2 Å². The number of nitrogens with zero attached hydrogens (tertiary/aromatic N) is 1. The van der Waals surface area contributed by atoms with E-state index in [0.29, 0.717) is 17.7 Å². The van der Waals surface area contributed by atoms with Gasteiger partial charge >= 0.3 is 29.8 Å². The number of hydrogen-bond acceptors (Lipinski definition) is 14. The first-order valence-electron chi connectivity index (χ1n) is 19.6. The zero-order chi connectivity index (χ0) is 40.9. The number of esters is 5. The third kappa shape index (κ3) is 7.20. The quantitative estimate of drug-likeness (QED) is 0.137. The maximum Gasteiger partial charge on any atom is 0.343 e. The molecule has 3 heterocycles. The molecule has 2 fully saturated rings. The molecule has 2 aromatic carbocycles. The molecule has 10 atom stereocenters. The Kier molecular flexibility index (Phi) is 11.2. The van der Waals surface area contributed by atoms with Gasteiger partial charge in [0.25, 0.3) is 0 Å². The van der Waals surface area contributed by atoms with Gasteiger partial charge in [-0.05, 0) is 50.2 Å². The van der Waals surface area contributed by atoms with Crippen molar-refractivity contribution in [3.8, 4) is 11.5 Å². The molecule has 306 valence electrons. The number of ether oxygens (including phenoxy) is 8. The number of benzene rings is 2. The number of methoxy groups -OCH3 is 1. The minimum Gasteiger partial charge on any atom is -0.482 e. The normalized spacial score (nSPS) is 31.0. The Morgan fingerprint density at radius 3 is 2.07 bits per heavy atom. The van der Waals surface area contributed by atoms with Gasteiger partial charge in [0.2, 0.25) is 6.29 Å². The number of hydrogen-bond donors (Lipinski definition) is 0. The second kappa shape index (κ2) is 15.9. The molecule has 0 saturated carbocycles. The van der Waals surface area contributed by atoms with Crippen molar-refractivity contribution in [2.24, 2.45) is 23.7 Å². The molecule has 14 nitrogen and oxygen atoms in total. The van der Waals surface area contributed by atoms with E-state index < -0.39 is 95.9 Å². The minimum atomic E-state index is -1.64. The van der Waals surface area contributed by atoms with Gasteiger partial charge in [0.05, 0.1) is 30.4 Å². The lowest BCUT2D eigenvalue weighted by Gasteiger charge is -2.57. The smallest absolute Gasteiger partial charge is 0.343 e. The first-order chi connectivity index (χ1) is 27.2. The molecular weight excluding hydrogens is 738 g/mol. The van der Waals surface area contributed by atoms with Gasteiger partial charge in [-0.25, -0.2) is 9.59 Å². The van der Waals surface area contributed by atoms with Gasteiger partial charge in [0, 0.05) is 22.9 Å². The van der Waals surface area contributed by atoms with Crippen LogP contribution in [0.25, 0.3) is 0 Å². The number of piperidine rings is 1. The lowest BCUT2D eigenvalue weighted by atomic mass is 9.53. The van der Waals surface area contributed by atoms with E-state index in [1.165, 1.54) is 0 Å². The Bertz CT molecular complexity index is 1930. The molecule has 1 spiro atoms. The summed E-state index contributed by atoms with van der Waals surface area (Å²) >= 11 is 0. The van der Waals surface area contributed by atoms with Gasteiger partial charge in [-0.1, -0.05) is 78.0 Å². The van der Waals surface area contributed by atoms with Crippen molar-refractivity contribution in [1.82, 2.24) is 4.90 Å². The summed E-state index contributed by atoms with van der Waals surface area (Å²) in [7, 11) is 3.26. The summed E-state index contributed by atoms with van der Waals surface area (Å²) < 4.78 is 49.0. The van der Waals surface area contributed by atoms with E-state index in [4.69, 9.17) is 37.9 Å². The predicted molar refractivity (Wildman–Crippen MR) is 201 cm³/mol. The predicted octanol–water partition coefficient (Wildman–Crippen LogP) is 4.34. The summed E-state index contributed by atoms with van der Waals surface area (Å²) in [5.41, 5.74) is 1.81. The zero-order valence-electron chi connectivity index (χ0n) is 33.5. The van der Waals surface area contributed by atoms with Gasteiger partial charge in [0.1, 0.15) is 12.2 Å². The topological polar surface area (TPSA) is 162 Å². The lowest BCUT2D eigenvalue weighted by Crippen LogP contribution is -2.67. The van der Waals surface area contributed by atoms with Gasteiger partial charge < -0.3 is 42.8 Å². The van der Waals surface area contributed by atoms with Crippen LogP contribution in [0.15, 0.2) is 54.6 Å². The third-order valence-electron chi connectivity index (χ3n) is 11.7. The average Bonchev–Trinajstić information content (AvgIpc) is 3.54. The molecule has 2 aliphatic carbocycles. The van der Waals surface area contributed by atoms with E-state index >= 15 is 0 Å². The maximum atomic E-state index is 13.5. The highest BCUT2D eigenvalue weighted by molar-refractivity contribution is 5.91. The summed E-state index contributed by atoms with van der Waals surface area (Å²) in [4.78, 5) is 68.9. The van der Waals surface area contributed by atoms with Crippen molar-refractivity contribution in [3.05, 3.63) is 71.3 Å². The summed E-state index contributed by atoms with van der Waals surface area (Å²) in [5, 5.41) is 0. The van der Waals surface area contributed by atoms with Crippen LogP contribution in [0.4, 0.5) is 0 Å². The number of likely N-dealkylation sites (N-methyl/N-ethyl adjacent to an activating group) is 1. The van der Waals surface area contributed by atoms with Crippen LogP contribution in [0.2, 0.25) is 0 Å². The first-order valence-corrected chi connectivity index (χ1v) is 19.6. The highest BCUT2D eigenvalue weighted by atomic mass is 16.7. The van der Waals surface area contributed by atoms with Crippen LogP contribution in [0, 0.1) is 23.7 Å². The van der Waals surface area contributed by atoms with Crippen LogP contribution < -0.4 is 9.47 Å². The fourth-order valence-corrected chi connectivity index (χ4v) is 8.72. The number of carbonyl (C=O) groups is 5. The Hall–Kier alpha value is -4.79. The lowest BCUT2D eigenvalue weighted by molar-refractivity contribution is -0.314. The van der Waals surface area contributed by atoms with E-state index in [2.05, 4.69) is 18.0 Å². The third-order valence-corrected chi connectivity index (χ3v) is 11.7. The van der Waals surface area contributed by atoms with Gasteiger partial charge in [-0.15, -0.1) is 0 Å². The fourth-order valence-electron chi connectivity index (χ4n) is 8.72. The van der Waals surface area contributed by atoms with Crippen molar-refractivity contribution in [2.45, 2.75) is 109 Å². The monoisotopic (exact) mass is 789 g/mol. The second-order valence-electron chi connectivity index (χ2n) is 16.4. The summed E-state index contributed by atoms with van der Waals surface area (Å²) in [6, 6.07) is 12.6. The minimum absolute atomic E-state index is 0.000783. The molecule has 2 aromatic rings. The van der Waals surface area contributed by atoms with Gasteiger partial charge in [0.15, 0.2) is 35.9 Å². The van der Waals surface area contributed by atoms with Gasteiger partial charge in [-0.2, -0.15) is 0 Å². The standard InChI is InChI=1S/C43H51NO13/c1-21(2)37(45)54-32-33(55-38(46)22(3)4)35(56-39(47)23(5)6)42(57-34(32)41(49)50-8)52-29-17-15-26-27-20-25-14-16-28(51-40(48)24-12-10-9-11-13-24)31-30(25)43(26,36(29)53-31)18-19-44(27)7/h9-17,21-23,26-27,29,32-36,42H,18-20H2,1-8H3/t26-,27+,29-,32-,33-,34-,35+,36-,42-,43-/m0/s1. The molecule has 0 radical (unpaired) electrons. The first kappa shape index (κ1) is 40.4. The SMILES string of the molecule is COC(=O)[C@H]1O[C@H](O[C@H]2C=C[C@H]3[C@H]4Cc5ccc(OC(=O)c6ccccc6)c6c5[C@@]3(CCN4C)[C@H]2O6)[C@H](OC(=O)C(C)C)[C@@H](OC(=O)C(C)C)[C@@H]1OC(=O)C(C)C. The summed E-state index contributed by atoms with van der Waals surface area (Å²) in [5.74, 6) is -4.70. The molecule has 7 rings (SSSR count). The zero-order valence-corrected chi connectivity index (χ0v) is 33.5. The molecule has 2 saturated heterocycles. The Morgan fingerprint density at radius 1 is 0.807 bits per heavy atom. The number of rotatable bonds is 11. The second-order valence-corrected chi connectivity index (χ2v) is 16.4. The van der Waals surface area contributed by atoms with Crippen LogP contribution in [0.5, 0.6) is 11.5 Å². The van der Waals surface area contributed by atoms with Crippen LogP contribution in [0.1, 0.15) is 69.4 Å².